The predicted octanol–water partition coefficient (Wildman–Crippen LogP) is 2.67. The maximum absolute atomic E-state index is 9.50. The lowest BCUT2D eigenvalue weighted by Gasteiger charge is -2.22. The number of methoxy groups -OCH3 is 1. The number of aromatic nitrogens is 2. The molecule has 0 aliphatic carbocycles. The number of aryl methyl sites for hydroxylation is 1. The number of hydrogen-bond donors (Lipinski definition) is 5. The van der Waals surface area contributed by atoms with Crippen LogP contribution in [0.3, 0.4) is 0 Å². The lowest BCUT2D eigenvalue weighted by atomic mass is 10.0. The molecule has 9 nitrogen and oxygen atoms in total. The van der Waals surface area contributed by atoms with Crippen LogP contribution in [0.25, 0.3) is 0 Å². The molecule has 2 rings (SSSR count). The Morgan fingerprint density at radius 3 is 2.62 bits per heavy atom. The van der Waals surface area contributed by atoms with E-state index < -0.39 is 0 Å². The number of anilines is 2. The first kappa shape index (κ1) is 27.6. The number of ether oxygens (including phenoxy) is 2. The molecule has 0 bridgehead atoms. The van der Waals surface area contributed by atoms with Crippen molar-refractivity contribution in [2.45, 2.75) is 58.4 Å². The summed E-state index contributed by atoms with van der Waals surface area (Å²) in [4.78, 5) is 8.87. The molecule has 0 aliphatic rings. The van der Waals surface area contributed by atoms with E-state index in [0.717, 1.165) is 60.5 Å². The summed E-state index contributed by atoms with van der Waals surface area (Å²) in [6.07, 6.45) is 5.17. The van der Waals surface area contributed by atoms with Gasteiger partial charge in [-0.05, 0) is 44.4 Å². The average molecular weight is 476 g/mol. The van der Waals surface area contributed by atoms with Crippen LogP contribution in [-0.4, -0.2) is 66.2 Å². The molecule has 0 fully saturated rings. The third-order valence-electron chi connectivity index (χ3n) is 5.64. The predicted molar refractivity (Wildman–Crippen MR) is 136 cm³/mol. The first-order valence-corrected chi connectivity index (χ1v) is 12.1. The number of aliphatic hydroxyl groups excluding tert-OH is 2. The van der Waals surface area contributed by atoms with Crippen molar-refractivity contribution in [2.24, 2.45) is 0 Å². The summed E-state index contributed by atoms with van der Waals surface area (Å²) in [7, 11) is 1.65. The second-order valence-electron chi connectivity index (χ2n) is 8.32. The van der Waals surface area contributed by atoms with Crippen LogP contribution in [0.1, 0.15) is 55.8 Å². The quantitative estimate of drug-likeness (QED) is 0.219. The van der Waals surface area contributed by atoms with Gasteiger partial charge in [0.1, 0.15) is 17.3 Å². The van der Waals surface area contributed by atoms with Crippen molar-refractivity contribution >= 4 is 11.8 Å². The molecule has 0 aliphatic heterocycles. The fourth-order valence-corrected chi connectivity index (χ4v) is 3.78. The number of benzene rings is 1. The van der Waals surface area contributed by atoms with Gasteiger partial charge in [-0.25, -0.2) is 4.98 Å². The van der Waals surface area contributed by atoms with Gasteiger partial charge in [0.15, 0.2) is 0 Å². The van der Waals surface area contributed by atoms with E-state index >= 15 is 0 Å². The number of rotatable bonds is 17. The zero-order chi connectivity index (χ0) is 24.8. The minimum atomic E-state index is 0.113. The highest BCUT2D eigenvalue weighted by Crippen LogP contribution is 2.30. The van der Waals surface area contributed by atoms with Crippen molar-refractivity contribution in [1.82, 2.24) is 15.3 Å². The molecule has 190 valence electrons. The number of nitrogens with two attached hydrogens (primary N) is 1. The summed E-state index contributed by atoms with van der Waals surface area (Å²) in [5.41, 5.74) is 8.72. The Labute approximate surface area is 203 Å². The molecule has 0 amide bonds. The summed E-state index contributed by atoms with van der Waals surface area (Å²) in [5, 5.41) is 24.9. The number of nitrogens with one attached hydrogen (secondary N) is 2. The standard InChI is InChI=1S/C25H41N5O4/c1-4-5-7-20(10-13-31)29-24-22(18(2)28-25(26)30-24)16-19-8-9-21(17-23(19)33-3)34-15-6-11-27-12-14-32/h8-9,17,20,27,31-32H,4-7,10-16H2,1-3H3,(H3,26,28,29,30)/t20-/m0/s1. The van der Waals surface area contributed by atoms with Crippen LogP contribution < -0.4 is 25.8 Å². The van der Waals surface area contributed by atoms with Crippen LogP contribution >= 0.6 is 0 Å². The average Bonchev–Trinajstić information content (AvgIpc) is 2.82. The van der Waals surface area contributed by atoms with E-state index in [4.69, 9.17) is 20.3 Å². The molecule has 1 atom stereocenters. The number of nitrogen functional groups attached to an aromatic ring is 1. The molecule has 6 N–H and O–H groups in total. The van der Waals surface area contributed by atoms with Crippen LogP contribution in [0.2, 0.25) is 0 Å². The largest absolute Gasteiger partial charge is 0.496 e. The molecule has 1 heterocycles. The summed E-state index contributed by atoms with van der Waals surface area (Å²) in [5.74, 6) is 2.41. The highest BCUT2D eigenvalue weighted by molar-refractivity contribution is 5.54. The molecule has 0 spiro atoms. The Bertz CT molecular complexity index is 865. The first-order valence-electron chi connectivity index (χ1n) is 12.1. The van der Waals surface area contributed by atoms with Crippen LogP contribution in [0, 0.1) is 6.92 Å². The molecule has 34 heavy (non-hydrogen) atoms. The Kier molecular flexibility index (Phi) is 12.4. The molecule has 0 unspecified atom stereocenters. The molecular formula is C25H41N5O4. The van der Waals surface area contributed by atoms with E-state index in [1.807, 2.05) is 25.1 Å². The summed E-state index contributed by atoms with van der Waals surface area (Å²) >= 11 is 0. The van der Waals surface area contributed by atoms with Crippen molar-refractivity contribution in [3.63, 3.8) is 0 Å². The molecule has 1 aromatic heterocycles. The van der Waals surface area contributed by atoms with Gasteiger partial charge in [-0.3, -0.25) is 0 Å². The maximum atomic E-state index is 9.50. The summed E-state index contributed by atoms with van der Waals surface area (Å²) in [6.45, 7) is 6.29. The van der Waals surface area contributed by atoms with E-state index in [-0.39, 0.29) is 25.2 Å². The Morgan fingerprint density at radius 2 is 1.91 bits per heavy atom. The number of nitrogens with zero attached hydrogens (tertiary/aromatic N) is 2. The Hall–Kier alpha value is -2.62. The van der Waals surface area contributed by atoms with E-state index in [1.165, 1.54) is 0 Å². The molecule has 0 saturated carbocycles. The highest BCUT2D eigenvalue weighted by Gasteiger charge is 2.17. The number of unbranched alkanes of at least 4 members (excludes halogenated alkanes) is 1. The number of hydrogen-bond acceptors (Lipinski definition) is 9. The van der Waals surface area contributed by atoms with E-state index in [2.05, 4.69) is 27.5 Å². The second kappa shape index (κ2) is 15.3. The molecule has 1 aromatic carbocycles. The molecule has 0 radical (unpaired) electrons. The van der Waals surface area contributed by atoms with Crippen molar-refractivity contribution in [2.75, 3.05) is 51.1 Å². The highest BCUT2D eigenvalue weighted by atomic mass is 16.5. The second-order valence-corrected chi connectivity index (χ2v) is 8.32. The molecule has 2 aromatic rings. The topological polar surface area (TPSA) is 135 Å². The zero-order valence-corrected chi connectivity index (χ0v) is 20.8. The zero-order valence-electron chi connectivity index (χ0n) is 20.8. The minimum absolute atomic E-state index is 0.113. The van der Waals surface area contributed by atoms with Crippen molar-refractivity contribution in [1.29, 1.82) is 0 Å². The third-order valence-corrected chi connectivity index (χ3v) is 5.64. The van der Waals surface area contributed by atoms with Crippen LogP contribution in [0.15, 0.2) is 18.2 Å². The van der Waals surface area contributed by atoms with Gasteiger partial charge in [0.2, 0.25) is 5.95 Å². The fourth-order valence-electron chi connectivity index (χ4n) is 3.78. The lowest BCUT2D eigenvalue weighted by molar-refractivity contribution is 0.276. The van der Waals surface area contributed by atoms with E-state index in [0.29, 0.717) is 31.8 Å². The van der Waals surface area contributed by atoms with Crippen LogP contribution in [-0.2, 0) is 6.42 Å². The normalized spacial score (nSPS) is 11.9. The van der Waals surface area contributed by atoms with Gasteiger partial charge >= 0.3 is 0 Å². The van der Waals surface area contributed by atoms with Crippen molar-refractivity contribution in [3.05, 3.63) is 35.0 Å². The third kappa shape index (κ3) is 8.96. The molecule has 9 heteroatoms. The van der Waals surface area contributed by atoms with Gasteiger partial charge in [0.05, 0.1) is 20.3 Å². The monoisotopic (exact) mass is 475 g/mol. The van der Waals surface area contributed by atoms with Crippen LogP contribution in [0.5, 0.6) is 11.5 Å². The summed E-state index contributed by atoms with van der Waals surface area (Å²) < 4.78 is 11.5. The van der Waals surface area contributed by atoms with Gasteiger partial charge in [-0.2, -0.15) is 4.98 Å². The SMILES string of the molecule is CCCC[C@@H](CCO)Nc1nc(N)nc(C)c1Cc1ccc(OCCCNCCO)cc1OC. The molecular weight excluding hydrogens is 434 g/mol. The van der Waals surface area contributed by atoms with Gasteiger partial charge in [-0.15, -0.1) is 0 Å². The fraction of sp³-hybridized carbons (Fsp3) is 0.600. The van der Waals surface area contributed by atoms with Crippen molar-refractivity contribution in [3.8, 4) is 11.5 Å². The minimum Gasteiger partial charge on any atom is -0.496 e. The Morgan fingerprint density at radius 1 is 1.09 bits per heavy atom. The van der Waals surface area contributed by atoms with E-state index in [1.54, 1.807) is 7.11 Å². The smallest absolute Gasteiger partial charge is 0.222 e. The summed E-state index contributed by atoms with van der Waals surface area (Å²) in [6, 6.07) is 5.95. The molecule has 0 saturated heterocycles. The van der Waals surface area contributed by atoms with Crippen LogP contribution in [0.4, 0.5) is 11.8 Å². The van der Waals surface area contributed by atoms with Gasteiger partial charge in [-0.1, -0.05) is 25.8 Å². The lowest BCUT2D eigenvalue weighted by Crippen LogP contribution is -2.23. The number of aliphatic hydroxyl groups is 2. The van der Waals surface area contributed by atoms with Gasteiger partial charge in [0, 0.05) is 42.9 Å². The Balaban J connectivity index is 2.16. The first-order chi connectivity index (χ1) is 16.5. The maximum Gasteiger partial charge on any atom is 0.222 e. The van der Waals surface area contributed by atoms with E-state index in [9.17, 15) is 5.11 Å². The van der Waals surface area contributed by atoms with Gasteiger partial charge < -0.3 is 36.1 Å². The van der Waals surface area contributed by atoms with Gasteiger partial charge in [0.25, 0.3) is 0 Å². The van der Waals surface area contributed by atoms with Crippen molar-refractivity contribution < 1.29 is 19.7 Å².